The zero-order chi connectivity index (χ0) is 5.28. The van der Waals surface area contributed by atoms with Crippen LogP contribution < -0.4 is 5.73 Å². The number of hydrogen-bond acceptors (Lipinski definition) is 2. The van der Waals surface area contributed by atoms with E-state index in [9.17, 15) is 0 Å². The Morgan fingerprint density at radius 2 is 2.25 bits per heavy atom. The van der Waals surface area contributed by atoms with Crippen LogP contribution in [0, 0.1) is 0 Å². The molecule has 2 N–H and O–H groups in total. The summed E-state index contributed by atoms with van der Waals surface area (Å²) in [6, 6.07) is 0.347. The maximum absolute atomic E-state index is 5.43. The van der Waals surface area contributed by atoms with Gasteiger partial charge < -0.3 is 10.5 Å². The fourth-order valence-corrected chi connectivity index (χ4v) is 0.595. The van der Waals surface area contributed by atoms with E-state index in [4.69, 9.17) is 10.5 Å². The molecule has 1 aliphatic carbocycles. The molecule has 0 heterocycles. The van der Waals surface area contributed by atoms with E-state index in [1.165, 1.54) is 0 Å². The Kier molecular flexibility index (Phi) is 3.36. The molecule has 1 saturated carbocycles. The highest BCUT2D eigenvalue weighted by atomic mass is 35.5. The monoisotopic (exact) mass is 137 g/mol. The molecule has 3 heteroatoms. The molecule has 0 unspecified atom stereocenters. The van der Waals surface area contributed by atoms with Crippen molar-refractivity contribution in [2.24, 2.45) is 5.73 Å². The lowest BCUT2D eigenvalue weighted by atomic mass is 10.7. The van der Waals surface area contributed by atoms with Gasteiger partial charge in [-0.2, -0.15) is 0 Å². The molecule has 1 aliphatic rings. The van der Waals surface area contributed by atoms with Crippen LogP contribution in [0.1, 0.15) is 13.3 Å². The molecule has 0 aromatic heterocycles. The summed E-state index contributed by atoms with van der Waals surface area (Å²) in [6.07, 6.45) is 1.46. The van der Waals surface area contributed by atoms with Crippen LogP contribution in [-0.4, -0.2) is 18.8 Å². The molecule has 0 radical (unpaired) electrons. The Bertz CT molecular complexity index is 69.4. The van der Waals surface area contributed by atoms with Crippen LogP contribution in [0.2, 0.25) is 0 Å². The highest BCUT2D eigenvalue weighted by Crippen LogP contribution is 2.21. The molecule has 0 aromatic rings. The summed E-state index contributed by atoms with van der Waals surface area (Å²) < 4.78 is 5.14. The van der Waals surface area contributed by atoms with Crippen LogP contribution in [0.15, 0.2) is 0 Å². The summed E-state index contributed by atoms with van der Waals surface area (Å²) in [6.45, 7) is 2.80. The van der Waals surface area contributed by atoms with Gasteiger partial charge in [-0.1, -0.05) is 0 Å². The second-order valence-electron chi connectivity index (χ2n) is 1.89. The van der Waals surface area contributed by atoms with Crippen molar-refractivity contribution < 1.29 is 4.74 Å². The van der Waals surface area contributed by atoms with E-state index in [-0.39, 0.29) is 12.4 Å². The van der Waals surface area contributed by atoms with Crippen LogP contribution in [0.25, 0.3) is 0 Å². The van der Waals surface area contributed by atoms with Crippen molar-refractivity contribution in [3.05, 3.63) is 0 Å². The van der Waals surface area contributed by atoms with Gasteiger partial charge in [-0.05, 0) is 13.3 Å². The normalized spacial score (nSPS) is 33.8. The molecule has 0 spiro atoms. The minimum atomic E-state index is 0. The first-order valence-electron chi connectivity index (χ1n) is 2.71. The van der Waals surface area contributed by atoms with Gasteiger partial charge in [0, 0.05) is 12.6 Å². The van der Waals surface area contributed by atoms with Crippen molar-refractivity contribution in [2.45, 2.75) is 25.5 Å². The van der Waals surface area contributed by atoms with Gasteiger partial charge in [-0.25, -0.2) is 0 Å². The van der Waals surface area contributed by atoms with Crippen molar-refractivity contribution in [3.63, 3.8) is 0 Å². The third-order valence-corrected chi connectivity index (χ3v) is 1.16. The molecule has 0 amide bonds. The Morgan fingerprint density at radius 3 is 2.38 bits per heavy atom. The van der Waals surface area contributed by atoms with E-state index in [1.807, 2.05) is 6.92 Å². The number of nitrogens with two attached hydrogens (primary N) is 1. The van der Waals surface area contributed by atoms with Crippen molar-refractivity contribution in [1.82, 2.24) is 0 Å². The summed E-state index contributed by atoms with van der Waals surface area (Å²) >= 11 is 0. The summed E-state index contributed by atoms with van der Waals surface area (Å²) in [4.78, 5) is 0. The third-order valence-electron chi connectivity index (χ3n) is 1.16. The van der Waals surface area contributed by atoms with E-state index in [0.717, 1.165) is 13.0 Å². The van der Waals surface area contributed by atoms with Gasteiger partial charge in [-0.3, -0.25) is 0 Å². The Hall–Kier alpha value is 0.210. The van der Waals surface area contributed by atoms with Gasteiger partial charge in [0.15, 0.2) is 0 Å². The molecule has 0 aromatic carbocycles. The lowest BCUT2D eigenvalue weighted by Crippen LogP contribution is -2.07. The fraction of sp³-hybridized carbons (Fsp3) is 1.00. The third kappa shape index (κ3) is 1.99. The Labute approximate surface area is 55.8 Å². The molecule has 1 fully saturated rings. The second kappa shape index (κ2) is 3.28. The largest absolute Gasteiger partial charge is 0.377 e. The first-order chi connectivity index (χ1) is 3.34. The Morgan fingerprint density at radius 1 is 1.75 bits per heavy atom. The minimum absolute atomic E-state index is 0. The lowest BCUT2D eigenvalue weighted by molar-refractivity contribution is 0.129. The Balaban J connectivity index is 0.000000490. The molecule has 2 nitrogen and oxygen atoms in total. The fourth-order valence-electron chi connectivity index (χ4n) is 0.595. The summed E-state index contributed by atoms with van der Waals surface area (Å²) in [5.41, 5.74) is 5.43. The molecular formula is C5H12ClNO. The molecular weight excluding hydrogens is 126 g/mol. The number of hydrogen-bond donors (Lipinski definition) is 1. The van der Waals surface area contributed by atoms with Crippen LogP contribution in [0.3, 0.4) is 0 Å². The molecule has 2 atom stereocenters. The van der Waals surface area contributed by atoms with Gasteiger partial charge >= 0.3 is 0 Å². The van der Waals surface area contributed by atoms with E-state index in [1.54, 1.807) is 0 Å². The maximum Gasteiger partial charge on any atom is 0.0742 e. The first kappa shape index (κ1) is 8.21. The average Bonchev–Trinajstić information content (AvgIpc) is 2.22. The lowest BCUT2D eigenvalue weighted by Gasteiger charge is -1.92. The van der Waals surface area contributed by atoms with Crippen LogP contribution >= 0.6 is 12.4 Å². The van der Waals surface area contributed by atoms with Gasteiger partial charge in [0.2, 0.25) is 0 Å². The first-order valence-corrected chi connectivity index (χ1v) is 2.71. The van der Waals surface area contributed by atoms with Crippen LogP contribution in [0.5, 0.6) is 0 Å². The number of halogens is 1. The van der Waals surface area contributed by atoms with Gasteiger partial charge in [0.25, 0.3) is 0 Å². The SMILES string of the molecule is CCO[C@@H]1C[C@H]1N.Cl. The minimum Gasteiger partial charge on any atom is -0.377 e. The zero-order valence-corrected chi connectivity index (χ0v) is 5.78. The smallest absolute Gasteiger partial charge is 0.0742 e. The average molecular weight is 138 g/mol. The predicted octanol–water partition coefficient (Wildman–Crippen LogP) is 0.544. The highest BCUT2D eigenvalue weighted by molar-refractivity contribution is 5.85. The van der Waals surface area contributed by atoms with E-state index < -0.39 is 0 Å². The van der Waals surface area contributed by atoms with Gasteiger partial charge in [-0.15, -0.1) is 12.4 Å². The van der Waals surface area contributed by atoms with E-state index in [2.05, 4.69) is 0 Å². The number of ether oxygens (including phenoxy) is 1. The summed E-state index contributed by atoms with van der Waals surface area (Å²) in [5.74, 6) is 0. The summed E-state index contributed by atoms with van der Waals surface area (Å²) in [5, 5.41) is 0. The van der Waals surface area contributed by atoms with Crippen LogP contribution in [0.4, 0.5) is 0 Å². The van der Waals surface area contributed by atoms with E-state index >= 15 is 0 Å². The van der Waals surface area contributed by atoms with Crippen molar-refractivity contribution >= 4 is 12.4 Å². The molecule has 50 valence electrons. The second-order valence-corrected chi connectivity index (χ2v) is 1.89. The van der Waals surface area contributed by atoms with Crippen molar-refractivity contribution in [1.29, 1.82) is 0 Å². The topological polar surface area (TPSA) is 35.2 Å². The standard InChI is InChI=1S/C5H11NO.ClH/c1-2-7-5-3-4(5)6;/h4-5H,2-3,6H2,1H3;1H/t4-,5-;/m1./s1. The zero-order valence-electron chi connectivity index (χ0n) is 4.96. The molecule has 8 heavy (non-hydrogen) atoms. The molecule has 0 saturated heterocycles. The molecule has 0 bridgehead atoms. The predicted molar refractivity (Wildman–Crippen MR) is 35.3 cm³/mol. The number of rotatable bonds is 2. The maximum atomic E-state index is 5.43. The molecule has 0 aliphatic heterocycles. The van der Waals surface area contributed by atoms with E-state index in [0.29, 0.717) is 12.1 Å². The molecule has 1 rings (SSSR count). The highest BCUT2D eigenvalue weighted by Gasteiger charge is 2.33. The quantitative estimate of drug-likeness (QED) is 0.603. The van der Waals surface area contributed by atoms with Gasteiger partial charge in [0.1, 0.15) is 0 Å². The van der Waals surface area contributed by atoms with Crippen LogP contribution in [-0.2, 0) is 4.74 Å². The summed E-state index contributed by atoms with van der Waals surface area (Å²) in [7, 11) is 0. The van der Waals surface area contributed by atoms with Crippen molar-refractivity contribution in [3.8, 4) is 0 Å². The van der Waals surface area contributed by atoms with Gasteiger partial charge in [0.05, 0.1) is 6.10 Å². The van der Waals surface area contributed by atoms with Crippen molar-refractivity contribution in [2.75, 3.05) is 6.61 Å².